The van der Waals surface area contributed by atoms with Crippen LogP contribution in [0, 0.1) is 5.92 Å². The highest BCUT2D eigenvalue weighted by atomic mass is 35.5. The average Bonchev–Trinajstić information content (AvgIpc) is 3.34. The lowest BCUT2D eigenvalue weighted by molar-refractivity contribution is 0.568. The summed E-state index contributed by atoms with van der Waals surface area (Å²) in [6.45, 7) is 3.38. The zero-order chi connectivity index (χ0) is 18.6. The van der Waals surface area contributed by atoms with Crippen molar-refractivity contribution in [2.75, 3.05) is 24.5 Å². The van der Waals surface area contributed by atoms with Crippen molar-refractivity contribution in [3.05, 3.63) is 47.6 Å². The highest BCUT2D eigenvalue weighted by Crippen LogP contribution is 2.22. The van der Waals surface area contributed by atoms with Gasteiger partial charge in [-0.3, -0.25) is 0 Å². The maximum atomic E-state index is 5.88. The first-order chi connectivity index (χ1) is 13.2. The molecule has 0 aromatic carbocycles. The fourth-order valence-corrected chi connectivity index (χ4v) is 3.66. The fourth-order valence-electron chi connectivity index (χ4n) is 3.36. The van der Waals surface area contributed by atoms with Crippen molar-refractivity contribution < 1.29 is 0 Å². The van der Waals surface area contributed by atoms with Crippen LogP contribution in [0.1, 0.15) is 12.0 Å². The minimum atomic E-state index is 0.284. The number of aromatic nitrogens is 4. The lowest BCUT2D eigenvalue weighted by atomic mass is 10.1. The number of nitrogens with zero attached hydrogens (tertiary/aromatic N) is 4. The van der Waals surface area contributed by atoms with Gasteiger partial charge in [-0.05, 0) is 59.9 Å². The summed E-state index contributed by atoms with van der Waals surface area (Å²) in [6, 6.07) is 5.93. The summed E-state index contributed by atoms with van der Waals surface area (Å²) in [4.78, 5) is 17.9. The van der Waals surface area contributed by atoms with Gasteiger partial charge in [0.25, 0.3) is 0 Å². The Morgan fingerprint density at radius 2 is 2.15 bits per heavy atom. The number of pyridine rings is 1. The van der Waals surface area contributed by atoms with E-state index in [4.69, 9.17) is 23.8 Å². The van der Waals surface area contributed by atoms with E-state index in [1.807, 2.05) is 24.4 Å². The molecule has 0 bridgehead atoms. The largest absolute Gasteiger partial charge is 0.362 e. The molecule has 0 spiro atoms. The second-order valence-corrected chi connectivity index (χ2v) is 7.30. The van der Waals surface area contributed by atoms with Gasteiger partial charge in [0.2, 0.25) is 5.28 Å². The summed E-state index contributed by atoms with van der Waals surface area (Å²) in [6.07, 6.45) is 6.48. The molecule has 4 heterocycles. The number of rotatable bonds is 5. The number of nitrogens with one attached hydrogen (secondary N) is 3. The predicted octanol–water partition coefficient (Wildman–Crippen LogP) is 2.50. The second kappa shape index (κ2) is 8.06. The summed E-state index contributed by atoms with van der Waals surface area (Å²) in [5.74, 6) is 1.39. The SMILES string of the molecule is S=C(NCc1ccnc2[nH]ccc12)NCC1CCN(c2ccnc(Cl)n2)C1. The van der Waals surface area contributed by atoms with Crippen molar-refractivity contribution in [2.45, 2.75) is 13.0 Å². The van der Waals surface area contributed by atoms with Gasteiger partial charge in [0.1, 0.15) is 11.5 Å². The molecule has 27 heavy (non-hydrogen) atoms. The molecular formula is C18H20ClN7S. The van der Waals surface area contributed by atoms with Crippen LogP contribution in [0.25, 0.3) is 11.0 Å². The van der Waals surface area contributed by atoms with Crippen LogP contribution < -0.4 is 15.5 Å². The molecule has 3 aromatic rings. The minimum Gasteiger partial charge on any atom is -0.362 e. The van der Waals surface area contributed by atoms with Crippen LogP contribution in [0.3, 0.4) is 0 Å². The molecule has 1 unspecified atom stereocenters. The molecule has 0 saturated carbocycles. The molecule has 1 saturated heterocycles. The Balaban J connectivity index is 1.24. The summed E-state index contributed by atoms with van der Waals surface area (Å²) in [5.41, 5.74) is 2.06. The van der Waals surface area contributed by atoms with Crippen LogP contribution in [0.15, 0.2) is 36.8 Å². The fraction of sp³-hybridized carbons (Fsp3) is 0.333. The van der Waals surface area contributed by atoms with Gasteiger partial charge in [-0.25, -0.2) is 15.0 Å². The zero-order valence-electron chi connectivity index (χ0n) is 14.7. The third-order valence-corrected chi connectivity index (χ3v) is 5.23. The van der Waals surface area contributed by atoms with Gasteiger partial charge in [-0.1, -0.05) is 0 Å². The third-order valence-electron chi connectivity index (χ3n) is 4.76. The van der Waals surface area contributed by atoms with Crippen molar-refractivity contribution in [3.8, 4) is 0 Å². The van der Waals surface area contributed by atoms with Gasteiger partial charge in [0, 0.05) is 50.2 Å². The first kappa shape index (κ1) is 17.9. The third kappa shape index (κ3) is 4.28. The molecule has 0 amide bonds. The summed E-state index contributed by atoms with van der Waals surface area (Å²) in [5, 5.41) is 8.68. The molecule has 1 aliphatic rings. The Bertz CT molecular complexity index is 944. The van der Waals surface area contributed by atoms with Gasteiger partial charge >= 0.3 is 0 Å². The highest BCUT2D eigenvalue weighted by molar-refractivity contribution is 7.80. The Labute approximate surface area is 167 Å². The van der Waals surface area contributed by atoms with E-state index in [1.54, 1.807) is 12.4 Å². The molecule has 0 aliphatic carbocycles. The van der Waals surface area contributed by atoms with Crippen LogP contribution in [-0.4, -0.2) is 44.7 Å². The van der Waals surface area contributed by atoms with Gasteiger partial charge < -0.3 is 20.5 Å². The lowest BCUT2D eigenvalue weighted by Crippen LogP contribution is -2.38. The van der Waals surface area contributed by atoms with Crippen molar-refractivity contribution in [2.24, 2.45) is 5.92 Å². The Hall–Kier alpha value is -2.45. The quantitative estimate of drug-likeness (QED) is 0.447. The highest BCUT2D eigenvalue weighted by Gasteiger charge is 2.23. The molecule has 7 nitrogen and oxygen atoms in total. The van der Waals surface area contributed by atoms with Crippen LogP contribution in [-0.2, 0) is 6.54 Å². The van der Waals surface area contributed by atoms with Crippen molar-refractivity contribution in [1.29, 1.82) is 0 Å². The van der Waals surface area contributed by atoms with E-state index in [1.165, 1.54) is 0 Å². The number of hydrogen-bond donors (Lipinski definition) is 3. The topological polar surface area (TPSA) is 81.8 Å². The van der Waals surface area contributed by atoms with Crippen molar-refractivity contribution >= 4 is 45.8 Å². The molecule has 140 valence electrons. The molecule has 3 N–H and O–H groups in total. The van der Waals surface area contributed by atoms with Gasteiger partial charge in [-0.15, -0.1) is 0 Å². The predicted molar refractivity (Wildman–Crippen MR) is 111 cm³/mol. The number of aromatic amines is 1. The van der Waals surface area contributed by atoms with Gasteiger partial charge in [0.15, 0.2) is 5.11 Å². The number of H-pyrrole nitrogens is 1. The number of fused-ring (bicyclic) bond motifs is 1. The van der Waals surface area contributed by atoms with Crippen LogP contribution >= 0.6 is 23.8 Å². The van der Waals surface area contributed by atoms with E-state index in [2.05, 4.69) is 35.5 Å². The molecule has 0 radical (unpaired) electrons. The summed E-state index contributed by atoms with van der Waals surface area (Å²) in [7, 11) is 0. The Morgan fingerprint density at radius 1 is 1.26 bits per heavy atom. The zero-order valence-corrected chi connectivity index (χ0v) is 16.2. The normalized spacial score (nSPS) is 16.6. The van der Waals surface area contributed by atoms with E-state index in [0.29, 0.717) is 17.6 Å². The summed E-state index contributed by atoms with van der Waals surface area (Å²) < 4.78 is 0. The van der Waals surface area contributed by atoms with Crippen LogP contribution in [0.2, 0.25) is 5.28 Å². The molecule has 1 aliphatic heterocycles. The monoisotopic (exact) mass is 401 g/mol. The van der Waals surface area contributed by atoms with Crippen molar-refractivity contribution in [1.82, 2.24) is 30.6 Å². The number of halogens is 1. The van der Waals surface area contributed by atoms with E-state index in [0.717, 1.165) is 48.5 Å². The Kier molecular flexibility index (Phi) is 5.35. The van der Waals surface area contributed by atoms with Crippen LogP contribution in [0.4, 0.5) is 5.82 Å². The summed E-state index contributed by atoms with van der Waals surface area (Å²) >= 11 is 11.3. The second-order valence-electron chi connectivity index (χ2n) is 6.56. The van der Waals surface area contributed by atoms with Crippen LogP contribution in [0.5, 0.6) is 0 Å². The smallest absolute Gasteiger partial charge is 0.224 e. The standard InChI is InChI=1S/C18H20ClN7S/c19-17-22-7-3-15(25-17)26-8-4-12(11-26)9-23-18(27)24-10-13-1-5-20-16-14(13)2-6-21-16/h1-3,5-7,12H,4,8-11H2,(H,20,21)(H2,23,24,27). The Morgan fingerprint density at radius 3 is 3.04 bits per heavy atom. The number of anilines is 1. The molecule has 1 atom stereocenters. The van der Waals surface area contributed by atoms with E-state index in [-0.39, 0.29) is 5.28 Å². The van der Waals surface area contributed by atoms with E-state index >= 15 is 0 Å². The maximum Gasteiger partial charge on any atom is 0.224 e. The molecule has 9 heteroatoms. The number of hydrogen-bond acceptors (Lipinski definition) is 5. The molecule has 1 fully saturated rings. The molecular weight excluding hydrogens is 382 g/mol. The minimum absolute atomic E-state index is 0.284. The first-order valence-electron chi connectivity index (χ1n) is 8.85. The number of thiocarbonyl (C=S) groups is 1. The molecule has 4 rings (SSSR count). The van der Waals surface area contributed by atoms with E-state index < -0.39 is 0 Å². The lowest BCUT2D eigenvalue weighted by Gasteiger charge is -2.18. The maximum absolute atomic E-state index is 5.88. The van der Waals surface area contributed by atoms with E-state index in [9.17, 15) is 0 Å². The molecule has 3 aromatic heterocycles. The van der Waals surface area contributed by atoms with Crippen molar-refractivity contribution in [3.63, 3.8) is 0 Å². The first-order valence-corrected chi connectivity index (χ1v) is 9.64. The van der Waals surface area contributed by atoms with Gasteiger partial charge in [0.05, 0.1) is 0 Å². The average molecular weight is 402 g/mol. The van der Waals surface area contributed by atoms with Gasteiger partial charge in [-0.2, -0.15) is 0 Å².